The molecule has 14 heavy (non-hydrogen) atoms. The van der Waals surface area contributed by atoms with Gasteiger partial charge in [-0.15, -0.1) is 0 Å². The van der Waals surface area contributed by atoms with Gasteiger partial charge in [0.1, 0.15) is 5.82 Å². The van der Waals surface area contributed by atoms with Crippen LogP contribution in [0, 0.1) is 9.39 Å². The van der Waals surface area contributed by atoms with Crippen LogP contribution in [0.25, 0.3) is 0 Å². The average Bonchev–Trinajstić information content (AvgIpc) is 2.07. The molecule has 0 atom stereocenters. The molecular weight excluding hydrogens is 315 g/mol. The Labute approximate surface area is 90.2 Å². The van der Waals surface area contributed by atoms with Crippen molar-refractivity contribution >= 4 is 28.9 Å². The van der Waals surface area contributed by atoms with Crippen molar-refractivity contribution in [3.8, 4) is 0 Å². The second-order valence-corrected chi connectivity index (χ2v) is 3.52. The maximum atomic E-state index is 12.8. The first-order chi connectivity index (χ1) is 6.38. The molecule has 0 spiro atoms. The van der Waals surface area contributed by atoms with E-state index in [2.05, 4.69) is 0 Å². The number of hydrogen-bond acceptors (Lipinski definition) is 1. The van der Waals surface area contributed by atoms with Crippen LogP contribution in [0.1, 0.15) is 15.9 Å². The molecule has 0 saturated carbocycles. The van der Waals surface area contributed by atoms with E-state index >= 15 is 0 Å². The molecule has 76 valence electrons. The largest absolute Gasteiger partial charge is 0.418 e. The number of benzene rings is 1. The van der Waals surface area contributed by atoms with Gasteiger partial charge in [0.25, 0.3) is 0 Å². The van der Waals surface area contributed by atoms with Crippen LogP contribution in [0.5, 0.6) is 0 Å². The highest BCUT2D eigenvalue weighted by atomic mass is 127. The molecule has 0 aromatic heterocycles. The van der Waals surface area contributed by atoms with Gasteiger partial charge in [0.15, 0.2) is 6.29 Å². The molecule has 0 fully saturated rings. The minimum atomic E-state index is -4.71. The Kier molecular flexibility index (Phi) is 3.13. The van der Waals surface area contributed by atoms with E-state index in [1.807, 2.05) is 0 Å². The quantitative estimate of drug-likeness (QED) is 0.441. The van der Waals surface area contributed by atoms with Gasteiger partial charge in [0.05, 0.1) is 9.13 Å². The number of alkyl halides is 3. The fraction of sp³-hybridized carbons (Fsp3) is 0.125. The summed E-state index contributed by atoms with van der Waals surface area (Å²) in [6.07, 6.45) is -4.65. The van der Waals surface area contributed by atoms with E-state index in [1.165, 1.54) is 22.6 Å². The van der Waals surface area contributed by atoms with Crippen LogP contribution in [0.15, 0.2) is 12.1 Å². The molecule has 1 rings (SSSR count). The molecule has 0 N–H and O–H groups in total. The lowest BCUT2D eigenvalue weighted by atomic mass is 10.1. The van der Waals surface area contributed by atoms with E-state index in [0.29, 0.717) is 0 Å². The van der Waals surface area contributed by atoms with Gasteiger partial charge >= 0.3 is 6.18 Å². The molecular formula is C8H3F4IO. The zero-order valence-corrected chi connectivity index (χ0v) is 8.69. The molecule has 6 heteroatoms. The standard InChI is InChI=1S/C8H3F4IO/c9-5-2-1-4(3-14)6(7(5)13)8(10,11)12/h1-3H. The van der Waals surface area contributed by atoms with E-state index in [9.17, 15) is 22.4 Å². The molecule has 0 heterocycles. The van der Waals surface area contributed by atoms with Crippen LogP contribution in [-0.4, -0.2) is 6.29 Å². The Morgan fingerprint density at radius 3 is 2.29 bits per heavy atom. The average molecular weight is 318 g/mol. The molecule has 0 radical (unpaired) electrons. The molecule has 0 aliphatic rings. The zero-order valence-electron chi connectivity index (χ0n) is 6.53. The minimum absolute atomic E-state index is 0.0599. The van der Waals surface area contributed by atoms with Crippen molar-refractivity contribution in [2.75, 3.05) is 0 Å². The molecule has 1 nitrogen and oxygen atoms in total. The summed E-state index contributed by atoms with van der Waals surface area (Å²) in [5.74, 6) is -0.983. The number of aldehydes is 1. The van der Waals surface area contributed by atoms with Crippen LogP contribution in [0.2, 0.25) is 0 Å². The number of carbonyl (C=O) groups excluding carboxylic acids is 1. The SMILES string of the molecule is O=Cc1ccc(F)c(I)c1C(F)(F)F. The van der Waals surface area contributed by atoms with Crippen molar-refractivity contribution in [1.82, 2.24) is 0 Å². The van der Waals surface area contributed by atoms with Gasteiger partial charge in [-0.1, -0.05) is 0 Å². The second kappa shape index (κ2) is 3.84. The van der Waals surface area contributed by atoms with Gasteiger partial charge in [-0.05, 0) is 34.7 Å². The fourth-order valence-corrected chi connectivity index (χ4v) is 1.75. The lowest BCUT2D eigenvalue weighted by molar-refractivity contribution is -0.138. The van der Waals surface area contributed by atoms with Crippen LogP contribution in [0.4, 0.5) is 17.6 Å². The highest BCUT2D eigenvalue weighted by Gasteiger charge is 2.36. The van der Waals surface area contributed by atoms with Crippen molar-refractivity contribution in [3.05, 3.63) is 32.6 Å². The van der Waals surface area contributed by atoms with Crippen molar-refractivity contribution in [1.29, 1.82) is 0 Å². The molecule has 0 aliphatic carbocycles. The van der Waals surface area contributed by atoms with Gasteiger partial charge in [0.2, 0.25) is 0 Å². The van der Waals surface area contributed by atoms with Crippen molar-refractivity contribution < 1.29 is 22.4 Å². The molecule has 0 bridgehead atoms. The van der Waals surface area contributed by atoms with Crippen LogP contribution >= 0.6 is 22.6 Å². The highest BCUT2D eigenvalue weighted by molar-refractivity contribution is 14.1. The lowest BCUT2D eigenvalue weighted by Crippen LogP contribution is -2.12. The predicted molar refractivity (Wildman–Crippen MR) is 49.5 cm³/mol. The Morgan fingerprint density at radius 1 is 1.29 bits per heavy atom. The van der Waals surface area contributed by atoms with Gasteiger partial charge in [-0.3, -0.25) is 4.79 Å². The monoisotopic (exact) mass is 318 g/mol. The number of halogens is 5. The lowest BCUT2D eigenvalue weighted by Gasteiger charge is -2.11. The normalized spacial score (nSPS) is 11.5. The Morgan fingerprint density at radius 2 is 1.86 bits per heavy atom. The zero-order chi connectivity index (χ0) is 10.9. The summed E-state index contributed by atoms with van der Waals surface area (Å²) in [6, 6.07) is 1.65. The molecule has 0 unspecified atom stereocenters. The number of rotatable bonds is 1. The van der Waals surface area contributed by atoms with Gasteiger partial charge in [-0.2, -0.15) is 13.2 Å². The third kappa shape index (κ3) is 2.05. The maximum absolute atomic E-state index is 12.8. The van der Waals surface area contributed by atoms with Crippen LogP contribution in [0.3, 0.4) is 0 Å². The first-order valence-corrected chi connectivity index (χ1v) is 4.46. The van der Waals surface area contributed by atoms with Crippen LogP contribution in [-0.2, 0) is 6.18 Å². The fourth-order valence-electron chi connectivity index (χ4n) is 0.952. The molecule has 1 aromatic rings. The summed E-state index contributed by atoms with van der Waals surface area (Å²) < 4.78 is 49.3. The predicted octanol–water partition coefficient (Wildman–Crippen LogP) is 3.26. The van der Waals surface area contributed by atoms with Crippen molar-refractivity contribution in [2.45, 2.75) is 6.18 Å². The Hall–Kier alpha value is -0.660. The van der Waals surface area contributed by atoms with E-state index in [4.69, 9.17) is 0 Å². The number of carbonyl (C=O) groups is 1. The molecule has 0 saturated heterocycles. The molecule has 1 aromatic carbocycles. The van der Waals surface area contributed by atoms with Crippen molar-refractivity contribution in [3.63, 3.8) is 0 Å². The van der Waals surface area contributed by atoms with Gasteiger partial charge < -0.3 is 0 Å². The topological polar surface area (TPSA) is 17.1 Å². The summed E-state index contributed by atoms with van der Waals surface area (Å²) in [5.41, 5.74) is -1.77. The smallest absolute Gasteiger partial charge is 0.298 e. The number of hydrogen-bond donors (Lipinski definition) is 0. The van der Waals surface area contributed by atoms with Gasteiger partial charge in [-0.25, -0.2) is 4.39 Å². The maximum Gasteiger partial charge on any atom is 0.418 e. The summed E-state index contributed by atoms with van der Waals surface area (Å²) >= 11 is 1.23. The van der Waals surface area contributed by atoms with E-state index < -0.39 is 26.7 Å². The first-order valence-electron chi connectivity index (χ1n) is 3.38. The van der Waals surface area contributed by atoms with E-state index in [-0.39, 0.29) is 6.29 Å². The summed E-state index contributed by atoms with van der Waals surface area (Å²) in [4.78, 5) is 10.3. The first kappa shape index (κ1) is 11.4. The minimum Gasteiger partial charge on any atom is -0.298 e. The summed E-state index contributed by atoms with van der Waals surface area (Å²) in [6.45, 7) is 0. The Bertz CT molecular complexity index is 372. The van der Waals surface area contributed by atoms with E-state index in [1.54, 1.807) is 0 Å². The van der Waals surface area contributed by atoms with Crippen LogP contribution < -0.4 is 0 Å². The summed E-state index contributed by atoms with van der Waals surface area (Å²) in [5, 5.41) is 0. The third-order valence-electron chi connectivity index (χ3n) is 1.54. The third-order valence-corrected chi connectivity index (χ3v) is 2.59. The highest BCUT2D eigenvalue weighted by Crippen LogP contribution is 2.35. The Balaban J connectivity index is 3.51. The second-order valence-electron chi connectivity index (χ2n) is 2.44. The molecule has 0 aliphatic heterocycles. The van der Waals surface area contributed by atoms with E-state index in [0.717, 1.165) is 12.1 Å². The summed E-state index contributed by atoms with van der Waals surface area (Å²) in [7, 11) is 0. The molecule has 0 amide bonds. The van der Waals surface area contributed by atoms with Gasteiger partial charge in [0, 0.05) is 5.56 Å². The van der Waals surface area contributed by atoms with Crippen molar-refractivity contribution in [2.24, 2.45) is 0 Å².